The molecule has 1 fully saturated rings. The molecule has 1 aliphatic rings. The number of likely N-dealkylation sites (tertiary alicyclic amines) is 1. The van der Waals surface area contributed by atoms with Crippen LogP contribution in [-0.2, 0) is 11.3 Å². The van der Waals surface area contributed by atoms with Crippen LogP contribution in [0.1, 0.15) is 18.4 Å². The van der Waals surface area contributed by atoms with Crippen LogP contribution in [0.2, 0.25) is 5.02 Å². The Balaban J connectivity index is 2.04. The summed E-state index contributed by atoms with van der Waals surface area (Å²) in [4.78, 5) is 16.0. The zero-order chi connectivity index (χ0) is 13.1. The second-order valence-electron chi connectivity index (χ2n) is 4.99. The molecule has 1 aliphatic heterocycles. The Labute approximate surface area is 113 Å². The zero-order valence-electron chi connectivity index (χ0n) is 10.9. The van der Waals surface area contributed by atoms with Gasteiger partial charge in [0.15, 0.2) is 0 Å². The van der Waals surface area contributed by atoms with Gasteiger partial charge in [0.1, 0.15) is 0 Å². The van der Waals surface area contributed by atoms with E-state index in [1.807, 2.05) is 38.4 Å². The molecule has 18 heavy (non-hydrogen) atoms. The van der Waals surface area contributed by atoms with Gasteiger partial charge in [0.2, 0.25) is 5.91 Å². The van der Waals surface area contributed by atoms with Gasteiger partial charge < -0.3 is 4.90 Å². The van der Waals surface area contributed by atoms with Crippen molar-refractivity contribution in [2.24, 2.45) is 0 Å². The Hall–Kier alpha value is -1.06. The lowest BCUT2D eigenvalue weighted by molar-refractivity contribution is -0.133. The predicted molar refractivity (Wildman–Crippen MR) is 73.6 cm³/mol. The van der Waals surface area contributed by atoms with Gasteiger partial charge in [-0.2, -0.15) is 0 Å². The summed E-state index contributed by atoms with van der Waals surface area (Å²) in [7, 11) is 3.64. The van der Waals surface area contributed by atoms with Crippen LogP contribution in [-0.4, -0.2) is 42.4 Å². The van der Waals surface area contributed by atoms with Gasteiger partial charge in [-0.05, 0) is 37.1 Å². The lowest BCUT2D eigenvalue weighted by atomic mass is 10.1. The van der Waals surface area contributed by atoms with Crippen LogP contribution in [0.4, 0.5) is 0 Å². The molecule has 0 spiro atoms. The molecule has 0 saturated carbocycles. The van der Waals surface area contributed by atoms with E-state index in [0.717, 1.165) is 31.0 Å². The minimum absolute atomic E-state index is 0.0377. The summed E-state index contributed by atoms with van der Waals surface area (Å²) in [5.74, 6) is 0.210. The molecule has 1 aromatic carbocycles. The van der Waals surface area contributed by atoms with E-state index in [2.05, 4.69) is 4.90 Å². The van der Waals surface area contributed by atoms with Gasteiger partial charge in [0, 0.05) is 25.7 Å². The number of halogens is 1. The van der Waals surface area contributed by atoms with Crippen LogP contribution in [0, 0.1) is 0 Å². The Morgan fingerprint density at radius 1 is 1.39 bits per heavy atom. The Kier molecular flexibility index (Phi) is 4.25. The van der Waals surface area contributed by atoms with Gasteiger partial charge in [-0.1, -0.05) is 23.7 Å². The number of carbonyl (C=O) groups is 1. The monoisotopic (exact) mass is 266 g/mol. The summed E-state index contributed by atoms with van der Waals surface area (Å²) in [5.41, 5.74) is 1.21. The van der Waals surface area contributed by atoms with E-state index in [9.17, 15) is 4.79 Å². The Morgan fingerprint density at radius 2 is 2.06 bits per heavy atom. The highest BCUT2D eigenvalue weighted by atomic mass is 35.5. The van der Waals surface area contributed by atoms with E-state index in [4.69, 9.17) is 11.6 Å². The number of hydrogen-bond acceptors (Lipinski definition) is 2. The molecule has 1 amide bonds. The standard InChI is InChI=1S/C14H19ClN2O/c1-16(2)14(18)13-4-3-9-17(13)10-11-5-7-12(15)8-6-11/h5-8,13H,3-4,9-10H2,1-2H3. The summed E-state index contributed by atoms with van der Waals surface area (Å²) >= 11 is 5.87. The first kappa shape index (κ1) is 13.4. The fourth-order valence-corrected chi connectivity index (χ4v) is 2.54. The second-order valence-corrected chi connectivity index (χ2v) is 5.42. The molecule has 1 atom stereocenters. The van der Waals surface area contributed by atoms with Gasteiger partial charge in [0.25, 0.3) is 0 Å². The molecule has 1 heterocycles. The van der Waals surface area contributed by atoms with Gasteiger partial charge in [-0.25, -0.2) is 0 Å². The molecular formula is C14H19ClN2O. The van der Waals surface area contributed by atoms with Crippen LogP contribution in [0.25, 0.3) is 0 Å². The number of nitrogens with zero attached hydrogens (tertiary/aromatic N) is 2. The third kappa shape index (κ3) is 3.03. The quantitative estimate of drug-likeness (QED) is 0.839. The summed E-state index contributed by atoms with van der Waals surface area (Å²) < 4.78 is 0. The number of amides is 1. The maximum atomic E-state index is 12.1. The topological polar surface area (TPSA) is 23.6 Å². The average molecular weight is 267 g/mol. The van der Waals surface area contributed by atoms with Gasteiger partial charge in [-0.15, -0.1) is 0 Å². The van der Waals surface area contributed by atoms with Crippen molar-refractivity contribution in [1.29, 1.82) is 0 Å². The Bertz CT molecular complexity index is 416. The third-order valence-electron chi connectivity index (χ3n) is 3.39. The molecule has 0 aromatic heterocycles. The fraction of sp³-hybridized carbons (Fsp3) is 0.500. The minimum atomic E-state index is 0.0377. The summed E-state index contributed by atoms with van der Waals surface area (Å²) in [5, 5.41) is 0.751. The van der Waals surface area contributed by atoms with Crippen LogP contribution >= 0.6 is 11.6 Å². The lowest BCUT2D eigenvalue weighted by Gasteiger charge is -2.26. The summed E-state index contributed by atoms with van der Waals surface area (Å²) in [6.07, 6.45) is 2.06. The SMILES string of the molecule is CN(C)C(=O)C1CCCN1Cc1ccc(Cl)cc1. The average Bonchev–Trinajstić information content (AvgIpc) is 2.79. The molecular weight excluding hydrogens is 248 g/mol. The second kappa shape index (κ2) is 5.72. The predicted octanol–water partition coefficient (Wildman–Crippen LogP) is 2.39. The van der Waals surface area contributed by atoms with Crippen LogP contribution in [0.3, 0.4) is 0 Å². The van der Waals surface area contributed by atoms with Crippen LogP contribution in [0.5, 0.6) is 0 Å². The normalized spacial score (nSPS) is 20.1. The highest BCUT2D eigenvalue weighted by Crippen LogP contribution is 2.22. The number of rotatable bonds is 3. The molecule has 98 valence electrons. The molecule has 3 nitrogen and oxygen atoms in total. The minimum Gasteiger partial charge on any atom is -0.347 e. The van der Waals surface area contributed by atoms with Crippen molar-refractivity contribution >= 4 is 17.5 Å². The third-order valence-corrected chi connectivity index (χ3v) is 3.64. The molecule has 1 aromatic rings. The van der Waals surface area contributed by atoms with Crippen molar-refractivity contribution in [3.8, 4) is 0 Å². The van der Waals surface area contributed by atoms with Crippen LogP contribution in [0.15, 0.2) is 24.3 Å². The van der Waals surface area contributed by atoms with E-state index >= 15 is 0 Å². The molecule has 0 aliphatic carbocycles. The van der Waals surface area contributed by atoms with Crippen molar-refractivity contribution in [2.45, 2.75) is 25.4 Å². The van der Waals surface area contributed by atoms with Gasteiger partial charge >= 0.3 is 0 Å². The molecule has 1 unspecified atom stereocenters. The van der Waals surface area contributed by atoms with Crippen molar-refractivity contribution in [2.75, 3.05) is 20.6 Å². The maximum Gasteiger partial charge on any atom is 0.239 e. The summed E-state index contributed by atoms with van der Waals surface area (Å²) in [6, 6.07) is 7.89. The zero-order valence-corrected chi connectivity index (χ0v) is 11.7. The van der Waals surface area contributed by atoms with Crippen LogP contribution < -0.4 is 0 Å². The molecule has 0 bridgehead atoms. The van der Waals surface area contributed by atoms with E-state index in [1.54, 1.807) is 4.90 Å². The van der Waals surface area contributed by atoms with Crippen molar-refractivity contribution in [3.05, 3.63) is 34.9 Å². The lowest BCUT2D eigenvalue weighted by Crippen LogP contribution is -2.42. The van der Waals surface area contributed by atoms with E-state index in [0.29, 0.717) is 0 Å². The smallest absolute Gasteiger partial charge is 0.239 e. The molecule has 4 heteroatoms. The largest absolute Gasteiger partial charge is 0.347 e. The highest BCUT2D eigenvalue weighted by molar-refractivity contribution is 6.30. The first-order chi connectivity index (χ1) is 8.58. The number of likely N-dealkylation sites (N-methyl/N-ethyl adjacent to an activating group) is 1. The first-order valence-corrected chi connectivity index (χ1v) is 6.65. The van der Waals surface area contributed by atoms with Crippen molar-refractivity contribution in [1.82, 2.24) is 9.80 Å². The van der Waals surface area contributed by atoms with E-state index < -0.39 is 0 Å². The first-order valence-electron chi connectivity index (χ1n) is 6.27. The maximum absolute atomic E-state index is 12.1. The molecule has 1 saturated heterocycles. The van der Waals surface area contributed by atoms with Gasteiger partial charge in [-0.3, -0.25) is 9.69 Å². The highest BCUT2D eigenvalue weighted by Gasteiger charge is 2.31. The molecule has 0 radical (unpaired) electrons. The van der Waals surface area contributed by atoms with Crippen molar-refractivity contribution < 1.29 is 4.79 Å². The number of benzene rings is 1. The number of hydrogen-bond donors (Lipinski definition) is 0. The molecule has 2 rings (SSSR count). The fourth-order valence-electron chi connectivity index (χ4n) is 2.42. The number of carbonyl (C=O) groups excluding carboxylic acids is 1. The van der Waals surface area contributed by atoms with E-state index in [1.165, 1.54) is 5.56 Å². The van der Waals surface area contributed by atoms with Gasteiger partial charge in [0.05, 0.1) is 6.04 Å². The molecule has 0 N–H and O–H groups in total. The van der Waals surface area contributed by atoms with E-state index in [-0.39, 0.29) is 11.9 Å². The summed E-state index contributed by atoms with van der Waals surface area (Å²) in [6.45, 7) is 1.81. The van der Waals surface area contributed by atoms with Crippen molar-refractivity contribution in [3.63, 3.8) is 0 Å². The Morgan fingerprint density at radius 3 is 2.67 bits per heavy atom.